The van der Waals surface area contributed by atoms with Gasteiger partial charge in [0.2, 0.25) is 0 Å². The Labute approximate surface area is 149 Å². The number of anilines is 1. The Balaban J connectivity index is 1.86. The van der Waals surface area contributed by atoms with Crippen LogP contribution in [0.4, 0.5) is 11.5 Å². The molecule has 0 bridgehead atoms. The van der Waals surface area contributed by atoms with Crippen LogP contribution in [0, 0.1) is 30.9 Å². The lowest BCUT2D eigenvalue weighted by Crippen LogP contribution is -2.05. The van der Waals surface area contributed by atoms with Crippen LogP contribution in [0.5, 0.6) is 0 Å². The van der Waals surface area contributed by atoms with Crippen molar-refractivity contribution in [1.82, 2.24) is 15.0 Å². The van der Waals surface area contributed by atoms with E-state index in [-0.39, 0.29) is 5.69 Å². The molecule has 0 atom stereocenters. The second-order valence-corrected chi connectivity index (χ2v) is 7.02. The molecule has 0 aliphatic carbocycles. The van der Waals surface area contributed by atoms with Crippen molar-refractivity contribution in [3.8, 4) is 11.4 Å². The maximum atomic E-state index is 11.0. The molecule has 0 saturated carbocycles. The number of thiazole rings is 1. The largest absolute Gasteiger partial charge is 0.364 e. The minimum atomic E-state index is -0.425. The number of benzene rings is 1. The lowest BCUT2D eigenvalue weighted by molar-refractivity contribution is -0.384. The van der Waals surface area contributed by atoms with Gasteiger partial charge < -0.3 is 5.32 Å². The molecule has 0 saturated heterocycles. The molecule has 2 aromatic heterocycles. The van der Waals surface area contributed by atoms with Gasteiger partial charge >= 0.3 is 0 Å². The predicted molar refractivity (Wildman–Crippen MR) is 97.8 cm³/mol. The van der Waals surface area contributed by atoms with E-state index in [0.29, 0.717) is 23.8 Å². The summed E-state index contributed by atoms with van der Waals surface area (Å²) in [5.41, 5.74) is 2.41. The van der Waals surface area contributed by atoms with Crippen molar-refractivity contribution in [1.29, 1.82) is 0 Å². The third kappa shape index (κ3) is 3.97. The monoisotopic (exact) mass is 355 g/mol. The summed E-state index contributed by atoms with van der Waals surface area (Å²) in [6.45, 7) is 6.46. The normalized spacial score (nSPS) is 10.7. The summed E-state index contributed by atoms with van der Waals surface area (Å²) >= 11 is 1.66. The molecule has 0 unspecified atom stereocenters. The molecule has 25 heavy (non-hydrogen) atoms. The number of nitro groups is 1. The Kier molecular flexibility index (Phi) is 4.71. The van der Waals surface area contributed by atoms with Crippen LogP contribution in [0.1, 0.15) is 21.3 Å². The number of rotatable bonds is 5. The molecule has 0 spiro atoms. The first kappa shape index (κ1) is 17.0. The fourth-order valence-corrected chi connectivity index (χ4v) is 3.29. The first-order valence-corrected chi connectivity index (χ1v) is 8.51. The molecule has 2 heterocycles. The fourth-order valence-electron chi connectivity index (χ4n) is 2.46. The lowest BCUT2D eigenvalue weighted by Gasteiger charge is -2.08. The topological polar surface area (TPSA) is 93.8 Å². The van der Waals surface area contributed by atoms with Gasteiger partial charge in [-0.15, -0.1) is 11.3 Å². The van der Waals surface area contributed by atoms with Crippen LogP contribution in [0.15, 0.2) is 30.3 Å². The van der Waals surface area contributed by atoms with Crippen LogP contribution >= 0.6 is 11.3 Å². The van der Waals surface area contributed by atoms with Gasteiger partial charge in [-0.3, -0.25) is 10.1 Å². The zero-order chi connectivity index (χ0) is 18.0. The first-order valence-electron chi connectivity index (χ1n) is 7.69. The van der Waals surface area contributed by atoms with Crippen LogP contribution in [0.2, 0.25) is 0 Å². The maximum absolute atomic E-state index is 11.0. The summed E-state index contributed by atoms with van der Waals surface area (Å²) in [5, 5.41) is 15.3. The summed E-state index contributed by atoms with van der Waals surface area (Å²) in [7, 11) is 0. The lowest BCUT2D eigenvalue weighted by atomic mass is 10.2. The smallest absolute Gasteiger partial charge is 0.270 e. The third-order valence-corrected chi connectivity index (χ3v) is 4.53. The van der Waals surface area contributed by atoms with Gasteiger partial charge in [-0.2, -0.15) is 0 Å². The molecule has 8 heteroatoms. The van der Waals surface area contributed by atoms with Crippen molar-refractivity contribution in [2.45, 2.75) is 27.3 Å². The van der Waals surface area contributed by atoms with E-state index >= 15 is 0 Å². The first-order chi connectivity index (χ1) is 11.9. The molecule has 128 valence electrons. The number of nitro benzene ring substituents is 1. The van der Waals surface area contributed by atoms with Crippen molar-refractivity contribution in [2.75, 3.05) is 5.32 Å². The summed E-state index contributed by atoms with van der Waals surface area (Å²) < 4.78 is 0. The standard InChI is InChI=1S/C17H17N5O2S/c1-10-7-16(18-9-15-11(2)25-12(3)20-15)21-17(19-10)13-5-4-6-14(8-13)22(23)24/h4-8H,9H2,1-3H3,(H,18,19,21). The number of nitrogens with zero attached hydrogens (tertiary/aromatic N) is 4. The SMILES string of the molecule is Cc1cc(NCc2nc(C)sc2C)nc(-c2cccc([N+](=O)[O-])c2)n1. The quantitative estimate of drug-likeness (QED) is 0.548. The Morgan fingerprint density at radius 2 is 1.96 bits per heavy atom. The second-order valence-electron chi connectivity index (χ2n) is 5.61. The van der Waals surface area contributed by atoms with Crippen molar-refractivity contribution in [2.24, 2.45) is 0 Å². The van der Waals surface area contributed by atoms with Gasteiger partial charge in [-0.1, -0.05) is 12.1 Å². The zero-order valence-electron chi connectivity index (χ0n) is 14.1. The highest BCUT2D eigenvalue weighted by atomic mass is 32.1. The van der Waals surface area contributed by atoms with E-state index in [1.165, 1.54) is 17.0 Å². The summed E-state index contributed by atoms with van der Waals surface area (Å²) in [5.74, 6) is 1.12. The summed E-state index contributed by atoms with van der Waals surface area (Å²) in [6, 6.07) is 8.17. The molecule has 0 aliphatic heterocycles. The third-order valence-electron chi connectivity index (χ3n) is 3.61. The van der Waals surface area contributed by atoms with Crippen molar-refractivity contribution in [3.63, 3.8) is 0 Å². The number of aromatic nitrogens is 3. The maximum Gasteiger partial charge on any atom is 0.270 e. The van der Waals surface area contributed by atoms with Gasteiger partial charge in [0.15, 0.2) is 5.82 Å². The summed E-state index contributed by atoms with van der Waals surface area (Å²) in [6.07, 6.45) is 0. The molecule has 0 aliphatic rings. The Morgan fingerprint density at radius 3 is 2.64 bits per heavy atom. The molecule has 0 fully saturated rings. The molecular weight excluding hydrogens is 338 g/mol. The van der Waals surface area contributed by atoms with Crippen LogP contribution in [-0.2, 0) is 6.54 Å². The van der Waals surface area contributed by atoms with E-state index in [0.717, 1.165) is 16.4 Å². The Morgan fingerprint density at radius 1 is 1.16 bits per heavy atom. The molecule has 0 amide bonds. The van der Waals surface area contributed by atoms with Crippen LogP contribution in [0.25, 0.3) is 11.4 Å². The van der Waals surface area contributed by atoms with E-state index in [9.17, 15) is 10.1 Å². The van der Waals surface area contributed by atoms with Gasteiger partial charge in [-0.25, -0.2) is 15.0 Å². The molecule has 3 rings (SSSR count). The average Bonchev–Trinajstić information content (AvgIpc) is 2.90. The second kappa shape index (κ2) is 6.94. The zero-order valence-corrected chi connectivity index (χ0v) is 14.9. The van der Waals surface area contributed by atoms with E-state index in [2.05, 4.69) is 20.3 Å². The van der Waals surface area contributed by atoms with Gasteiger partial charge in [0.1, 0.15) is 5.82 Å². The van der Waals surface area contributed by atoms with Gasteiger partial charge in [0.25, 0.3) is 5.69 Å². The number of aryl methyl sites for hydroxylation is 3. The highest BCUT2D eigenvalue weighted by molar-refractivity contribution is 7.11. The summed E-state index contributed by atoms with van der Waals surface area (Å²) in [4.78, 5) is 25.1. The van der Waals surface area contributed by atoms with E-state index in [1.54, 1.807) is 23.5 Å². The molecule has 3 aromatic rings. The van der Waals surface area contributed by atoms with Gasteiger partial charge in [0, 0.05) is 34.3 Å². The van der Waals surface area contributed by atoms with Crippen LogP contribution < -0.4 is 5.32 Å². The van der Waals surface area contributed by atoms with Crippen molar-refractivity contribution < 1.29 is 4.92 Å². The van der Waals surface area contributed by atoms with E-state index in [1.807, 2.05) is 26.8 Å². The number of non-ortho nitro benzene ring substituents is 1. The van der Waals surface area contributed by atoms with Gasteiger partial charge in [-0.05, 0) is 20.8 Å². The molecule has 0 radical (unpaired) electrons. The highest BCUT2D eigenvalue weighted by Gasteiger charge is 2.11. The predicted octanol–water partition coefficient (Wildman–Crippen LogP) is 4.05. The van der Waals surface area contributed by atoms with Crippen molar-refractivity contribution in [3.05, 3.63) is 61.7 Å². The van der Waals surface area contributed by atoms with E-state index in [4.69, 9.17) is 0 Å². The molecule has 1 aromatic carbocycles. The average molecular weight is 355 g/mol. The molecular formula is C17H17N5O2S. The number of nitrogens with one attached hydrogen (secondary N) is 1. The van der Waals surface area contributed by atoms with Crippen LogP contribution in [0.3, 0.4) is 0 Å². The number of hydrogen-bond donors (Lipinski definition) is 1. The van der Waals surface area contributed by atoms with Crippen LogP contribution in [-0.4, -0.2) is 19.9 Å². The minimum absolute atomic E-state index is 0.0192. The van der Waals surface area contributed by atoms with E-state index < -0.39 is 4.92 Å². The Hall–Kier alpha value is -2.87. The van der Waals surface area contributed by atoms with Gasteiger partial charge in [0.05, 0.1) is 22.2 Å². The van der Waals surface area contributed by atoms with Crippen molar-refractivity contribution >= 4 is 22.8 Å². The number of hydrogen-bond acceptors (Lipinski definition) is 7. The minimum Gasteiger partial charge on any atom is -0.364 e. The Bertz CT molecular complexity index is 939. The molecule has 7 nitrogen and oxygen atoms in total. The molecule has 1 N–H and O–H groups in total. The fraction of sp³-hybridized carbons (Fsp3) is 0.235. The highest BCUT2D eigenvalue weighted by Crippen LogP contribution is 2.23.